The molecule has 2 aromatic rings. The molecule has 0 saturated carbocycles. The minimum Gasteiger partial charge on any atom is -0.507 e. The molecule has 2 nitrogen and oxygen atoms in total. The average Bonchev–Trinajstić information content (AvgIpc) is 2.58. The largest absolute Gasteiger partial charge is 0.507 e. The van der Waals surface area contributed by atoms with E-state index in [4.69, 9.17) is 0 Å². The van der Waals surface area contributed by atoms with Gasteiger partial charge in [-0.25, -0.2) is 0 Å². The molecule has 0 heterocycles. The first kappa shape index (κ1) is 19.6. The third-order valence-electron chi connectivity index (χ3n) is 4.21. The fraction of sp³-hybridized carbons (Fsp3) is 0.250. The molecular weight excluding hydrogens is 320 g/mol. The van der Waals surface area contributed by atoms with Gasteiger partial charge in [0, 0.05) is 17.2 Å². The van der Waals surface area contributed by atoms with E-state index in [2.05, 4.69) is 12.2 Å². The van der Waals surface area contributed by atoms with Crippen molar-refractivity contribution in [3.05, 3.63) is 82.0 Å². The molecule has 0 aliphatic heterocycles. The Kier molecular flexibility index (Phi) is 6.85. The number of rotatable bonds is 6. The Balaban J connectivity index is 2.58. The highest BCUT2D eigenvalue weighted by molar-refractivity contribution is 5.76. The fourth-order valence-electron chi connectivity index (χ4n) is 2.75. The van der Waals surface area contributed by atoms with E-state index in [0.29, 0.717) is 12.8 Å². The lowest BCUT2D eigenvalue weighted by Gasteiger charge is -2.15. The van der Waals surface area contributed by atoms with Crippen molar-refractivity contribution < 1.29 is 10.2 Å². The molecule has 26 heavy (non-hydrogen) atoms. The lowest BCUT2D eigenvalue weighted by molar-refractivity contribution is 0.443. The van der Waals surface area contributed by atoms with Gasteiger partial charge < -0.3 is 10.2 Å². The van der Waals surface area contributed by atoms with Gasteiger partial charge in [-0.2, -0.15) is 0 Å². The number of benzene rings is 2. The third-order valence-corrected chi connectivity index (χ3v) is 4.21. The minimum absolute atomic E-state index is 0.133. The van der Waals surface area contributed by atoms with Gasteiger partial charge in [-0.15, -0.1) is 0 Å². The second kappa shape index (κ2) is 9.10. The fourth-order valence-corrected chi connectivity index (χ4v) is 2.75. The Bertz CT molecular complexity index is 788. The first-order chi connectivity index (χ1) is 12.4. The molecule has 0 aliphatic rings. The summed E-state index contributed by atoms with van der Waals surface area (Å²) in [4.78, 5) is 0. The van der Waals surface area contributed by atoms with E-state index in [0.717, 1.165) is 22.3 Å². The van der Waals surface area contributed by atoms with Gasteiger partial charge in [-0.05, 0) is 51.7 Å². The maximum atomic E-state index is 10.4. The predicted octanol–water partition coefficient (Wildman–Crippen LogP) is 6.29. The lowest BCUT2D eigenvalue weighted by atomic mass is 9.93. The summed E-state index contributed by atoms with van der Waals surface area (Å²) in [6.45, 7) is 8.17. The molecule has 0 saturated heterocycles. The van der Waals surface area contributed by atoms with Crippen molar-refractivity contribution in [2.45, 2.75) is 40.5 Å². The van der Waals surface area contributed by atoms with Crippen molar-refractivity contribution >= 4 is 12.2 Å². The molecule has 2 rings (SSSR count). The molecular formula is C24H28O2. The zero-order valence-corrected chi connectivity index (χ0v) is 16.1. The van der Waals surface area contributed by atoms with Crippen molar-refractivity contribution in [3.63, 3.8) is 0 Å². The van der Waals surface area contributed by atoms with Crippen molar-refractivity contribution in [2.24, 2.45) is 0 Å². The Morgan fingerprint density at radius 2 is 1.27 bits per heavy atom. The van der Waals surface area contributed by atoms with Crippen molar-refractivity contribution in [3.8, 4) is 11.5 Å². The van der Waals surface area contributed by atoms with E-state index in [1.165, 1.54) is 17.2 Å². The molecule has 0 aliphatic carbocycles. The second-order valence-corrected chi connectivity index (χ2v) is 7.00. The molecule has 2 heteroatoms. The zero-order valence-electron chi connectivity index (χ0n) is 16.1. The maximum absolute atomic E-state index is 10.4. The van der Waals surface area contributed by atoms with Crippen LogP contribution in [0.3, 0.4) is 0 Å². The van der Waals surface area contributed by atoms with Crippen LogP contribution in [0.15, 0.2) is 59.7 Å². The van der Waals surface area contributed by atoms with Crippen LogP contribution in [0.1, 0.15) is 49.9 Å². The quantitative estimate of drug-likeness (QED) is 0.476. The standard InChI is InChI=1S/C24H28O2/c1-17(2)10-13-21-20(15-12-19-8-6-5-7-9-19)22(14-11-18(3)4)24(26)16-23(21)25/h5-12,15-16,25-26H,13-14H2,1-4H3/b15-12+. The van der Waals surface area contributed by atoms with E-state index < -0.39 is 0 Å². The van der Waals surface area contributed by atoms with Gasteiger partial charge in [-0.3, -0.25) is 0 Å². The summed E-state index contributed by atoms with van der Waals surface area (Å²) in [6.07, 6.45) is 9.46. The van der Waals surface area contributed by atoms with Crippen molar-refractivity contribution in [1.29, 1.82) is 0 Å². The number of phenols is 2. The van der Waals surface area contributed by atoms with Gasteiger partial charge in [0.05, 0.1) is 0 Å². The molecule has 2 aromatic carbocycles. The van der Waals surface area contributed by atoms with Crippen molar-refractivity contribution in [1.82, 2.24) is 0 Å². The molecule has 0 fully saturated rings. The molecule has 136 valence electrons. The molecule has 2 N–H and O–H groups in total. The van der Waals surface area contributed by atoms with E-state index in [9.17, 15) is 10.2 Å². The summed E-state index contributed by atoms with van der Waals surface area (Å²) < 4.78 is 0. The molecule has 0 bridgehead atoms. The molecule has 0 spiro atoms. The monoisotopic (exact) mass is 348 g/mol. The Labute approximate surface area is 156 Å². The number of aromatic hydroxyl groups is 2. The van der Waals surface area contributed by atoms with E-state index in [1.54, 1.807) is 0 Å². The SMILES string of the molecule is CC(C)=CCc1c(O)cc(O)c(CC=C(C)C)c1/C=C/c1ccccc1. The summed E-state index contributed by atoms with van der Waals surface area (Å²) in [7, 11) is 0. The number of hydrogen-bond acceptors (Lipinski definition) is 2. The van der Waals surface area contributed by atoms with E-state index >= 15 is 0 Å². The number of phenolic OH excluding ortho intramolecular Hbond substituents is 2. The third kappa shape index (κ3) is 5.38. The van der Waals surface area contributed by atoms with Crippen LogP contribution in [0.2, 0.25) is 0 Å². The Morgan fingerprint density at radius 1 is 0.769 bits per heavy atom. The number of allylic oxidation sites excluding steroid dienone is 4. The zero-order chi connectivity index (χ0) is 19.1. The van der Waals surface area contributed by atoms with Gasteiger partial charge in [0.15, 0.2) is 0 Å². The molecule has 0 aromatic heterocycles. The molecule has 0 atom stereocenters. The number of hydrogen-bond donors (Lipinski definition) is 2. The first-order valence-corrected chi connectivity index (χ1v) is 8.95. The van der Waals surface area contributed by atoms with Crippen LogP contribution in [0, 0.1) is 0 Å². The van der Waals surface area contributed by atoms with Crippen LogP contribution in [0.25, 0.3) is 12.2 Å². The molecule has 0 radical (unpaired) electrons. The highest BCUT2D eigenvalue weighted by Crippen LogP contribution is 2.35. The summed E-state index contributed by atoms with van der Waals surface area (Å²) >= 11 is 0. The van der Waals surface area contributed by atoms with Gasteiger partial charge >= 0.3 is 0 Å². The summed E-state index contributed by atoms with van der Waals surface area (Å²) in [5, 5.41) is 20.9. The summed E-state index contributed by atoms with van der Waals surface area (Å²) in [5.41, 5.74) is 6.04. The lowest BCUT2D eigenvalue weighted by Crippen LogP contribution is -1.97. The van der Waals surface area contributed by atoms with Crippen LogP contribution >= 0.6 is 0 Å². The van der Waals surface area contributed by atoms with Crippen molar-refractivity contribution in [2.75, 3.05) is 0 Å². The molecule has 0 amide bonds. The van der Waals surface area contributed by atoms with E-state index in [-0.39, 0.29) is 11.5 Å². The van der Waals surface area contributed by atoms with Crippen LogP contribution in [0.4, 0.5) is 0 Å². The highest BCUT2D eigenvalue weighted by Gasteiger charge is 2.14. The maximum Gasteiger partial charge on any atom is 0.123 e. The summed E-state index contributed by atoms with van der Waals surface area (Å²) in [5.74, 6) is 0.266. The van der Waals surface area contributed by atoms with Crippen LogP contribution in [0.5, 0.6) is 11.5 Å². The normalized spacial score (nSPS) is 10.8. The average molecular weight is 348 g/mol. The highest BCUT2D eigenvalue weighted by atomic mass is 16.3. The second-order valence-electron chi connectivity index (χ2n) is 7.00. The van der Waals surface area contributed by atoms with Crippen LogP contribution in [-0.4, -0.2) is 10.2 Å². The molecule has 0 unspecified atom stereocenters. The van der Waals surface area contributed by atoms with E-state index in [1.807, 2.05) is 70.2 Å². The van der Waals surface area contributed by atoms with Gasteiger partial charge in [0.25, 0.3) is 0 Å². The minimum atomic E-state index is 0.133. The topological polar surface area (TPSA) is 40.5 Å². The van der Waals surface area contributed by atoms with Gasteiger partial charge in [0.2, 0.25) is 0 Å². The van der Waals surface area contributed by atoms with Gasteiger partial charge in [0.1, 0.15) is 11.5 Å². The van der Waals surface area contributed by atoms with Gasteiger partial charge in [-0.1, -0.05) is 65.8 Å². The van der Waals surface area contributed by atoms with Crippen LogP contribution < -0.4 is 0 Å². The first-order valence-electron chi connectivity index (χ1n) is 8.95. The smallest absolute Gasteiger partial charge is 0.123 e. The predicted molar refractivity (Wildman–Crippen MR) is 111 cm³/mol. The summed E-state index contributed by atoms with van der Waals surface area (Å²) in [6, 6.07) is 11.5. The Hall–Kier alpha value is -2.74. The van der Waals surface area contributed by atoms with Crippen LogP contribution in [-0.2, 0) is 12.8 Å². The Morgan fingerprint density at radius 3 is 1.73 bits per heavy atom.